The summed E-state index contributed by atoms with van der Waals surface area (Å²) in [6.45, 7) is 20.7. The molecule has 4 heterocycles. The van der Waals surface area contributed by atoms with Gasteiger partial charge in [0.1, 0.15) is 23.3 Å². The summed E-state index contributed by atoms with van der Waals surface area (Å²) in [5.41, 5.74) is -9.58. The maximum absolute atomic E-state index is 16.8. The minimum absolute atomic E-state index is 0. The number of esters is 1. The molecule has 8 rings (SSSR count). The van der Waals surface area contributed by atoms with Crippen LogP contribution < -0.4 is 30.0 Å². The molecule has 0 spiro atoms. The molecule has 2 aliphatic rings. The molecule has 0 bridgehead atoms. The number of likely N-dealkylation sites (tertiary alicyclic amines) is 2. The van der Waals surface area contributed by atoms with Crippen molar-refractivity contribution in [2.24, 2.45) is 11.8 Å². The number of aliphatic carboxylic acids is 1. The fraction of sp³-hybridized carbons (Fsp3) is 0.500. The molecule has 2 fully saturated rings. The van der Waals surface area contributed by atoms with Crippen molar-refractivity contribution in [1.29, 1.82) is 0 Å². The van der Waals surface area contributed by atoms with Crippen molar-refractivity contribution in [2.75, 3.05) is 45.9 Å². The Hall–Kier alpha value is -6.88. The third kappa shape index (κ3) is 22.9. The number of aryl methyl sites for hydroxylation is 4. The molecule has 108 heavy (non-hydrogen) atoms. The molecule has 2 unspecified atom stereocenters. The van der Waals surface area contributed by atoms with E-state index in [1.807, 2.05) is 9.80 Å². The molecular weight excluding hydrogens is 1490 g/mol. The minimum atomic E-state index is -5.34. The molecule has 0 aliphatic carbocycles. The summed E-state index contributed by atoms with van der Waals surface area (Å²) in [5, 5.41) is 9.75. The maximum Gasteiger partial charge on any atom is 1.00 e. The molecule has 2 aliphatic heterocycles. The topological polar surface area (TPSA) is 178 Å². The molecule has 0 amide bonds. The second kappa shape index (κ2) is 38.8. The van der Waals surface area contributed by atoms with Crippen LogP contribution in [0.15, 0.2) is 70.5 Å². The smallest absolute Gasteiger partial charge is 0.870 e. The van der Waals surface area contributed by atoms with Crippen LogP contribution in [0.1, 0.15) is 188 Å². The molecule has 6 aromatic rings. The first-order valence-electron chi connectivity index (χ1n) is 34.1. The molecule has 2 N–H and O–H groups in total. The van der Waals surface area contributed by atoms with Gasteiger partial charge in [0.2, 0.25) is 0 Å². The Morgan fingerprint density at radius 2 is 0.815 bits per heavy atom. The molecule has 4 aromatic carbocycles. The second-order valence-corrected chi connectivity index (χ2v) is 27.9. The van der Waals surface area contributed by atoms with Gasteiger partial charge in [0.15, 0.2) is 11.6 Å². The van der Waals surface area contributed by atoms with E-state index in [2.05, 4.69) is 0 Å². The van der Waals surface area contributed by atoms with Gasteiger partial charge in [-0.25, -0.2) is 17.6 Å². The average Bonchev–Trinajstić information content (AvgIpc) is 0.691. The average molecular weight is 1580 g/mol. The van der Waals surface area contributed by atoms with Crippen molar-refractivity contribution in [3.63, 3.8) is 0 Å². The van der Waals surface area contributed by atoms with Crippen molar-refractivity contribution in [3.05, 3.63) is 183 Å². The van der Waals surface area contributed by atoms with Gasteiger partial charge in [-0.2, -0.15) is 79.7 Å². The predicted octanol–water partition coefficient (Wildman–Crippen LogP) is 15.2. The summed E-state index contributed by atoms with van der Waals surface area (Å²) in [4.78, 5) is 83.6. The molecule has 13 nitrogen and oxygen atoms in total. The van der Waals surface area contributed by atoms with Crippen molar-refractivity contribution in [1.82, 2.24) is 18.9 Å². The van der Waals surface area contributed by atoms with Crippen LogP contribution in [0.4, 0.5) is 70.2 Å². The Kier molecular flexibility index (Phi) is 34.3. The summed E-state index contributed by atoms with van der Waals surface area (Å²) >= 11 is 0. The second-order valence-electron chi connectivity index (χ2n) is 27.9. The first-order chi connectivity index (χ1) is 48.3. The zero-order chi connectivity index (χ0) is 77.7. The number of ketones is 2. The Morgan fingerprint density at radius 1 is 0.491 bits per heavy atom. The maximum atomic E-state index is 16.8. The third-order valence-corrected chi connectivity index (χ3v) is 19.4. The van der Waals surface area contributed by atoms with E-state index in [0.29, 0.717) is 83.8 Å². The molecule has 0 saturated carbocycles. The number of ether oxygens (including phenoxy) is 1. The number of halogens is 16. The fourth-order valence-corrected chi connectivity index (χ4v) is 13.5. The van der Waals surface area contributed by atoms with E-state index < -0.39 is 177 Å². The van der Waals surface area contributed by atoms with Crippen LogP contribution in [0, 0.1) is 76.6 Å². The summed E-state index contributed by atoms with van der Waals surface area (Å²) in [6.07, 6.45) is -21.2. The molecule has 32 heteroatoms. The van der Waals surface area contributed by atoms with Crippen molar-refractivity contribution in [3.8, 4) is 22.3 Å². The Labute approximate surface area is 641 Å². The van der Waals surface area contributed by atoms with Gasteiger partial charge in [0.25, 0.3) is 11.1 Å². The molecule has 0 radical (unpaired) electrons. The van der Waals surface area contributed by atoms with E-state index in [9.17, 15) is 86.6 Å². The Morgan fingerprint density at radius 3 is 1.10 bits per heavy atom. The number of benzene rings is 4. The van der Waals surface area contributed by atoms with Crippen LogP contribution >= 0.6 is 27.0 Å². The van der Waals surface area contributed by atoms with Crippen LogP contribution in [-0.2, 0) is 61.5 Å². The number of pyridine rings is 2. The summed E-state index contributed by atoms with van der Waals surface area (Å²) in [5.74, 6) is -16.1. The number of carboxylic acids is 1. The van der Waals surface area contributed by atoms with E-state index >= 15 is 17.6 Å². The molecule has 2 saturated heterocycles. The van der Waals surface area contributed by atoms with Gasteiger partial charge in [-0.05, 0) is 193 Å². The molecule has 2 aromatic heterocycles. The fourth-order valence-electron chi connectivity index (χ4n) is 13.5. The largest absolute Gasteiger partial charge is 1.00 e. The van der Waals surface area contributed by atoms with Crippen LogP contribution in [0.25, 0.3) is 22.3 Å². The molecule has 4 atom stereocenters. The number of hydrogen-bond acceptors (Lipinski definition) is 10. The first kappa shape index (κ1) is 95.3. The molecular formula is C76H89F16LiN4O9S2. The van der Waals surface area contributed by atoms with Gasteiger partial charge < -0.3 is 34.3 Å². The van der Waals surface area contributed by atoms with Crippen LogP contribution in [0.3, 0.4) is 0 Å². The van der Waals surface area contributed by atoms with Crippen LogP contribution in [0.5, 0.6) is 0 Å². The van der Waals surface area contributed by atoms with E-state index in [1.165, 1.54) is 13.8 Å². The van der Waals surface area contributed by atoms with E-state index in [1.54, 1.807) is 86.6 Å². The monoisotopic (exact) mass is 1580 g/mol. The standard InChI is InChI=1S/C39H44F8N2O4.C37H40F8N2O4.Li.H2O.2H2S/c1-7-53-33(52)17-26(35-36(40)27(18-29(37(35)41)39(45,46)47)34-23(5)10-9-22(4)24(34)6)16-31(50)30(15-21(2)3)49-20-25(11-14-48-12-8-13-48)28(19-32(49)51)38(42,43)44;1-19(2)13-28(47-18-23(9-12-46-10-6-11-46)26(17-30(47)49)36(40,41)42)29(48)14-24(15-31(50)51)33-34(38)25(16-27(35(33)39)37(43,44)45)32-21(4)8-7-20(3)22(32)5;;;;/h9-10,18-21,26,30H,7-8,11-17H2,1-6H3;7-8,16-19,24,28H,6,9-15H2,1-5H3,(H,50,51);;3*1H2/q;;+1;;;/p-1/t26-,30?;24-,28?;;;;/m00..../s1. The summed E-state index contributed by atoms with van der Waals surface area (Å²) < 4.78 is 243. The van der Waals surface area contributed by atoms with Crippen molar-refractivity contribution >= 4 is 50.5 Å². The third-order valence-electron chi connectivity index (χ3n) is 19.4. The quantitative estimate of drug-likeness (QED) is 0.0295. The number of aromatic nitrogens is 2. The number of rotatable bonds is 27. The van der Waals surface area contributed by atoms with Crippen LogP contribution in [0.2, 0.25) is 0 Å². The molecule has 592 valence electrons. The number of nitrogens with zero attached hydrogens (tertiary/aromatic N) is 4. The number of carbonyl (C=O) groups excluding carboxylic acids is 3. The van der Waals surface area contributed by atoms with E-state index in [-0.39, 0.29) is 131 Å². The van der Waals surface area contributed by atoms with E-state index in [0.717, 1.165) is 34.4 Å². The minimum Gasteiger partial charge on any atom is -0.870 e. The normalized spacial score (nSPS) is 14.5. The Balaban J connectivity index is 0.000000541. The van der Waals surface area contributed by atoms with Gasteiger partial charge in [-0.1, -0.05) is 52.0 Å². The number of alkyl halides is 12. The number of hydrogen-bond donors (Lipinski definition) is 1. The van der Waals surface area contributed by atoms with Crippen molar-refractivity contribution < 1.29 is 124 Å². The number of Topliss-reactive ketones (excluding diaryl/α,β-unsaturated/α-hetero) is 2. The van der Waals surface area contributed by atoms with Gasteiger partial charge in [0, 0.05) is 84.5 Å². The summed E-state index contributed by atoms with van der Waals surface area (Å²) in [6, 6.07) is 4.97. The zero-order valence-electron chi connectivity index (χ0n) is 61.8. The van der Waals surface area contributed by atoms with Crippen LogP contribution in [-0.4, -0.2) is 98.9 Å². The van der Waals surface area contributed by atoms with Crippen molar-refractivity contribution in [2.45, 2.75) is 189 Å². The predicted molar refractivity (Wildman–Crippen MR) is 381 cm³/mol. The Bertz CT molecular complexity index is 4320. The van der Waals surface area contributed by atoms with Gasteiger partial charge in [-0.3, -0.25) is 28.8 Å². The van der Waals surface area contributed by atoms with E-state index in [4.69, 9.17) is 4.74 Å². The van der Waals surface area contributed by atoms with Gasteiger partial charge in [-0.15, -0.1) is 0 Å². The SMILES string of the molecule is CCOC(=O)C[C@H](CC(=O)C(CC(C)C)n1cc(CCN2CCC2)c(C(F)(F)F)cc1=O)c1c(F)c(-c2c(C)ccc(C)c2C)cc(C(F)(F)F)c1F.Cc1ccc(C)c(-c2cc(C(F)(F)F)c(F)c([C@H](CC(=O)O)CC(=O)C(CC(C)C)n3cc(CCN4CCC4)c(C(F)(F)F)cc3=O)c2F)c1C.S.S.[Li+].[OH-]. The van der Waals surface area contributed by atoms with Gasteiger partial charge >= 0.3 is 55.5 Å². The number of carboxylic acid groups (broad SMARTS) is 1. The first-order valence-corrected chi connectivity index (χ1v) is 34.1. The summed E-state index contributed by atoms with van der Waals surface area (Å²) in [7, 11) is 0. The number of carbonyl (C=O) groups is 4. The zero-order valence-corrected chi connectivity index (χ0v) is 63.8. The van der Waals surface area contributed by atoms with Gasteiger partial charge in [0.05, 0.1) is 53.8 Å².